The fourth-order valence-corrected chi connectivity index (χ4v) is 5.02. The van der Waals surface area contributed by atoms with Crippen LogP contribution in [-0.4, -0.2) is 27.3 Å². The summed E-state index contributed by atoms with van der Waals surface area (Å²) in [6.45, 7) is 4.06. The zero-order valence-electron chi connectivity index (χ0n) is 19.6. The Morgan fingerprint density at radius 1 is 1.06 bits per heavy atom. The Labute approximate surface area is 204 Å². The summed E-state index contributed by atoms with van der Waals surface area (Å²) in [5.74, 6) is 1.66. The fourth-order valence-electron chi connectivity index (χ4n) is 4.30. The quantitative estimate of drug-likeness (QED) is 0.275. The molecule has 0 spiro atoms. The zero-order valence-corrected chi connectivity index (χ0v) is 20.4. The summed E-state index contributed by atoms with van der Waals surface area (Å²) in [4.78, 5) is 9.67. The number of rotatable bonds is 8. The van der Waals surface area contributed by atoms with Gasteiger partial charge in [-0.25, -0.2) is 4.98 Å². The zero-order chi connectivity index (χ0) is 23.5. The molecule has 2 aromatic heterocycles. The summed E-state index contributed by atoms with van der Waals surface area (Å²) in [5.41, 5.74) is 3.75. The summed E-state index contributed by atoms with van der Waals surface area (Å²) in [6.07, 6.45) is 5.26. The van der Waals surface area contributed by atoms with Crippen LogP contribution in [0.25, 0.3) is 33.2 Å². The number of aromatic hydroxyl groups is 1. The third-order valence-corrected chi connectivity index (χ3v) is 7.22. The molecule has 1 unspecified atom stereocenters. The Morgan fingerprint density at radius 3 is 2.53 bits per heavy atom. The van der Waals surface area contributed by atoms with Crippen molar-refractivity contribution in [3.63, 3.8) is 0 Å². The van der Waals surface area contributed by atoms with E-state index in [0.717, 1.165) is 59.5 Å². The van der Waals surface area contributed by atoms with Gasteiger partial charge >= 0.3 is 0 Å². The number of thiophene rings is 1. The van der Waals surface area contributed by atoms with Crippen LogP contribution in [0.3, 0.4) is 0 Å². The highest BCUT2D eigenvalue weighted by molar-refractivity contribution is 7.13. The van der Waals surface area contributed by atoms with E-state index in [-0.39, 0.29) is 18.0 Å². The molecule has 1 atom stereocenters. The van der Waals surface area contributed by atoms with E-state index in [0.29, 0.717) is 17.3 Å². The monoisotopic (exact) mass is 474 g/mol. The molecule has 1 fully saturated rings. The van der Waals surface area contributed by atoms with Gasteiger partial charge in [0.2, 0.25) is 5.75 Å². The standard InChI is InChI=1S/C28H30N2O3S/c1-3-18(2)32-22-16-20(17-23(27(22)31)33-21-12-7-8-13-21)28-29-25(19-10-5-4-6-11-19)26(30-28)24-14-9-15-34-24/h4-6,9-11,14-18,21,31H,3,7-8,12-13H2,1-2H3,(H,29,30). The number of phenols is 1. The number of ether oxygens (including phenoxy) is 2. The third kappa shape index (κ3) is 4.68. The van der Waals surface area contributed by atoms with Crippen molar-refractivity contribution in [2.45, 2.75) is 58.2 Å². The number of nitrogens with zero attached hydrogens (tertiary/aromatic N) is 1. The molecule has 0 aliphatic heterocycles. The minimum absolute atomic E-state index is 0.0290. The summed E-state index contributed by atoms with van der Waals surface area (Å²) in [7, 11) is 0. The first-order valence-electron chi connectivity index (χ1n) is 12.0. The lowest BCUT2D eigenvalue weighted by atomic mass is 10.1. The third-order valence-electron chi connectivity index (χ3n) is 6.33. The van der Waals surface area contributed by atoms with Crippen molar-refractivity contribution in [2.24, 2.45) is 0 Å². The smallest absolute Gasteiger partial charge is 0.200 e. The molecular formula is C28H30N2O3S. The van der Waals surface area contributed by atoms with Gasteiger partial charge in [0.1, 0.15) is 5.82 Å². The summed E-state index contributed by atoms with van der Waals surface area (Å²) in [6, 6.07) is 18.1. The van der Waals surface area contributed by atoms with Crippen molar-refractivity contribution >= 4 is 11.3 Å². The molecule has 1 aliphatic carbocycles. The van der Waals surface area contributed by atoms with Gasteiger partial charge in [0.15, 0.2) is 11.5 Å². The number of aromatic nitrogens is 2. The summed E-state index contributed by atoms with van der Waals surface area (Å²) < 4.78 is 12.3. The normalized spacial score (nSPS) is 14.9. The van der Waals surface area contributed by atoms with E-state index in [1.165, 1.54) is 0 Å². The number of aromatic amines is 1. The van der Waals surface area contributed by atoms with Crippen LogP contribution in [0, 0.1) is 0 Å². The molecule has 5 nitrogen and oxygen atoms in total. The molecule has 1 aliphatic rings. The van der Waals surface area contributed by atoms with Gasteiger partial charge in [-0.2, -0.15) is 0 Å². The van der Waals surface area contributed by atoms with Crippen LogP contribution in [0.2, 0.25) is 0 Å². The average molecular weight is 475 g/mol. The molecule has 0 radical (unpaired) electrons. The average Bonchev–Trinajstić information content (AvgIpc) is 3.63. The Balaban J connectivity index is 1.61. The van der Waals surface area contributed by atoms with Crippen LogP contribution in [0.5, 0.6) is 17.2 Å². The van der Waals surface area contributed by atoms with E-state index in [9.17, 15) is 5.11 Å². The second-order valence-electron chi connectivity index (χ2n) is 8.83. The molecule has 1 saturated carbocycles. The second-order valence-corrected chi connectivity index (χ2v) is 9.78. The highest BCUT2D eigenvalue weighted by Gasteiger charge is 2.23. The van der Waals surface area contributed by atoms with Crippen LogP contribution in [0.4, 0.5) is 0 Å². The van der Waals surface area contributed by atoms with Crippen molar-refractivity contribution in [3.8, 4) is 50.5 Å². The predicted molar refractivity (Wildman–Crippen MR) is 138 cm³/mol. The second kappa shape index (κ2) is 9.94. The van der Waals surface area contributed by atoms with Gasteiger partial charge in [0, 0.05) is 11.1 Å². The number of hydrogen-bond donors (Lipinski definition) is 2. The largest absolute Gasteiger partial charge is 0.502 e. The number of phenolic OH excluding ortho intramolecular Hbond substituents is 1. The highest BCUT2D eigenvalue weighted by atomic mass is 32.1. The van der Waals surface area contributed by atoms with E-state index >= 15 is 0 Å². The van der Waals surface area contributed by atoms with Gasteiger partial charge in [-0.15, -0.1) is 11.3 Å². The SMILES string of the molecule is CCC(C)Oc1cc(-c2nc(-c3ccccc3)c(-c3cccs3)[nH]2)cc(OC2CCCC2)c1O. The number of nitrogens with one attached hydrogen (secondary N) is 1. The van der Waals surface area contributed by atoms with Crippen molar-refractivity contribution < 1.29 is 14.6 Å². The number of H-pyrrole nitrogens is 1. The molecule has 34 heavy (non-hydrogen) atoms. The Morgan fingerprint density at radius 2 is 1.82 bits per heavy atom. The molecule has 0 bridgehead atoms. The number of imidazole rings is 1. The number of benzene rings is 2. The lowest BCUT2D eigenvalue weighted by Gasteiger charge is -2.19. The molecular weight excluding hydrogens is 444 g/mol. The van der Waals surface area contributed by atoms with Crippen LogP contribution in [0.15, 0.2) is 60.0 Å². The molecule has 0 saturated heterocycles. The predicted octanol–water partition coefficient (Wildman–Crippen LogP) is 7.68. The first-order valence-corrected chi connectivity index (χ1v) is 12.9. The van der Waals surface area contributed by atoms with Crippen LogP contribution in [-0.2, 0) is 0 Å². The Bertz CT molecular complexity index is 1230. The molecule has 2 aromatic carbocycles. The van der Waals surface area contributed by atoms with Gasteiger partial charge in [0.05, 0.1) is 28.5 Å². The minimum atomic E-state index is -0.0290. The summed E-state index contributed by atoms with van der Waals surface area (Å²) in [5, 5.41) is 13.0. The van der Waals surface area contributed by atoms with Crippen LogP contribution >= 0.6 is 11.3 Å². The highest BCUT2D eigenvalue weighted by Crippen LogP contribution is 2.43. The minimum Gasteiger partial charge on any atom is -0.502 e. The van der Waals surface area contributed by atoms with Gasteiger partial charge in [-0.05, 0) is 62.6 Å². The maximum absolute atomic E-state index is 11.0. The van der Waals surface area contributed by atoms with E-state index < -0.39 is 0 Å². The van der Waals surface area contributed by atoms with Crippen molar-refractivity contribution in [2.75, 3.05) is 0 Å². The number of hydrogen-bond acceptors (Lipinski definition) is 5. The van der Waals surface area contributed by atoms with E-state index in [4.69, 9.17) is 14.5 Å². The lowest BCUT2D eigenvalue weighted by Crippen LogP contribution is -2.13. The van der Waals surface area contributed by atoms with Crippen LogP contribution < -0.4 is 9.47 Å². The first-order chi connectivity index (χ1) is 16.6. The molecule has 4 aromatic rings. The molecule has 5 rings (SSSR count). The van der Waals surface area contributed by atoms with Gasteiger partial charge in [-0.3, -0.25) is 0 Å². The van der Waals surface area contributed by atoms with Gasteiger partial charge < -0.3 is 19.6 Å². The summed E-state index contributed by atoms with van der Waals surface area (Å²) >= 11 is 1.67. The lowest BCUT2D eigenvalue weighted by molar-refractivity contribution is 0.187. The van der Waals surface area contributed by atoms with Crippen molar-refractivity contribution in [1.29, 1.82) is 0 Å². The molecule has 2 heterocycles. The first kappa shape index (κ1) is 22.5. The van der Waals surface area contributed by atoms with Crippen LogP contribution in [0.1, 0.15) is 46.0 Å². The topological polar surface area (TPSA) is 67.4 Å². The molecule has 6 heteroatoms. The van der Waals surface area contributed by atoms with E-state index in [1.54, 1.807) is 11.3 Å². The molecule has 176 valence electrons. The molecule has 2 N–H and O–H groups in total. The van der Waals surface area contributed by atoms with E-state index in [1.807, 2.05) is 43.3 Å². The van der Waals surface area contributed by atoms with Gasteiger partial charge in [-0.1, -0.05) is 43.3 Å². The van der Waals surface area contributed by atoms with Crippen molar-refractivity contribution in [3.05, 3.63) is 60.0 Å². The Kier molecular flexibility index (Phi) is 6.59. The molecule has 0 amide bonds. The maximum atomic E-state index is 11.0. The fraction of sp³-hybridized carbons (Fsp3) is 0.321. The van der Waals surface area contributed by atoms with E-state index in [2.05, 4.69) is 35.5 Å². The van der Waals surface area contributed by atoms with Gasteiger partial charge in [0.25, 0.3) is 0 Å². The maximum Gasteiger partial charge on any atom is 0.200 e. The Hall–Kier alpha value is -3.25. The van der Waals surface area contributed by atoms with Crippen molar-refractivity contribution in [1.82, 2.24) is 9.97 Å².